The van der Waals surface area contributed by atoms with Crippen molar-refractivity contribution >= 4 is 5.69 Å². The van der Waals surface area contributed by atoms with E-state index in [9.17, 15) is 10.1 Å². The third kappa shape index (κ3) is 3.67. The predicted octanol–water partition coefficient (Wildman–Crippen LogP) is 2.94. The van der Waals surface area contributed by atoms with Crippen molar-refractivity contribution in [1.82, 2.24) is 4.98 Å². The van der Waals surface area contributed by atoms with Crippen LogP contribution in [0.4, 0.5) is 5.69 Å². The number of ether oxygens (including phenoxy) is 3. The summed E-state index contributed by atoms with van der Waals surface area (Å²) in [5.41, 5.74) is 0.671. The highest BCUT2D eigenvalue weighted by Gasteiger charge is 2.15. The van der Waals surface area contributed by atoms with Crippen LogP contribution < -0.4 is 9.47 Å². The minimum absolute atomic E-state index is 0.113. The highest BCUT2D eigenvalue weighted by Crippen LogP contribution is 2.32. The third-order valence-electron chi connectivity index (χ3n) is 2.67. The Balaban J connectivity index is 2.17. The largest absolute Gasteiger partial charge is 0.490 e. The van der Waals surface area contributed by atoms with E-state index in [1.807, 2.05) is 0 Å². The molecule has 2 rings (SSSR count). The zero-order chi connectivity index (χ0) is 15.2. The van der Waals surface area contributed by atoms with Crippen molar-refractivity contribution in [3.63, 3.8) is 0 Å². The van der Waals surface area contributed by atoms with Crippen LogP contribution in [0, 0.1) is 10.1 Å². The first-order valence-electron chi connectivity index (χ1n) is 6.08. The lowest BCUT2D eigenvalue weighted by Gasteiger charge is -2.08. The molecule has 0 aliphatic rings. The molecule has 7 nitrogen and oxygen atoms in total. The minimum Gasteiger partial charge on any atom is -0.490 e. The van der Waals surface area contributed by atoms with Gasteiger partial charge in [-0.05, 0) is 18.2 Å². The van der Waals surface area contributed by atoms with Crippen molar-refractivity contribution in [3.8, 4) is 17.2 Å². The SMILES string of the molecule is COCc1ccc(Oc2ccc([N+](=O)[O-])c(OC)c2)cn1. The van der Waals surface area contributed by atoms with Gasteiger partial charge in [0.25, 0.3) is 0 Å². The van der Waals surface area contributed by atoms with E-state index in [0.29, 0.717) is 18.1 Å². The van der Waals surface area contributed by atoms with E-state index in [2.05, 4.69) is 4.98 Å². The summed E-state index contributed by atoms with van der Waals surface area (Å²) in [5, 5.41) is 10.8. The van der Waals surface area contributed by atoms with Gasteiger partial charge in [-0.25, -0.2) is 0 Å². The van der Waals surface area contributed by atoms with Gasteiger partial charge < -0.3 is 14.2 Å². The Morgan fingerprint density at radius 1 is 1.19 bits per heavy atom. The summed E-state index contributed by atoms with van der Waals surface area (Å²) in [6.07, 6.45) is 1.56. The molecule has 2 aromatic rings. The van der Waals surface area contributed by atoms with E-state index in [-0.39, 0.29) is 11.4 Å². The summed E-state index contributed by atoms with van der Waals surface area (Å²) in [6.45, 7) is 0.422. The summed E-state index contributed by atoms with van der Waals surface area (Å²) >= 11 is 0. The molecule has 0 spiro atoms. The van der Waals surface area contributed by atoms with Crippen LogP contribution in [-0.4, -0.2) is 24.1 Å². The van der Waals surface area contributed by atoms with E-state index in [4.69, 9.17) is 14.2 Å². The third-order valence-corrected chi connectivity index (χ3v) is 2.67. The lowest BCUT2D eigenvalue weighted by atomic mass is 10.3. The molecule has 0 saturated carbocycles. The summed E-state index contributed by atoms with van der Waals surface area (Å²) < 4.78 is 15.5. The van der Waals surface area contributed by atoms with Gasteiger partial charge in [-0.3, -0.25) is 15.1 Å². The van der Waals surface area contributed by atoms with Crippen LogP contribution in [0.3, 0.4) is 0 Å². The number of nitro benzene ring substituents is 1. The molecule has 110 valence electrons. The average molecular weight is 290 g/mol. The maximum absolute atomic E-state index is 10.8. The smallest absolute Gasteiger partial charge is 0.311 e. The molecule has 0 unspecified atom stereocenters. The molecule has 0 aliphatic carbocycles. The maximum atomic E-state index is 10.8. The monoisotopic (exact) mass is 290 g/mol. The topological polar surface area (TPSA) is 83.7 Å². The van der Waals surface area contributed by atoms with Gasteiger partial charge >= 0.3 is 5.69 Å². The van der Waals surface area contributed by atoms with Gasteiger partial charge in [0, 0.05) is 19.2 Å². The summed E-state index contributed by atoms with van der Waals surface area (Å²) in [6, 6.07) is 7.82. The lowest BCUT2D eigenvalue weighted by molar-refractivity contribution is -0.385. The van der Waals surface area contributed by atoms with Crippen LogP contribution in [-0.2, 0) is 11.3 Å². The lowest BCUT2D eigenvalue weighted by Crippen LogP contribution is -1.95. The first kappa shape index (κ1) is 14.7. The summed E-state index contributed by atoms with van der Waals surface area (Å²) in [4.78, 5) is 14.5. The van der Waals surface area contributed by atoms with Crippen LogP contribution in [0.25, 0.3) is 0 Å². The van der Waals surface area contributed by atoms with Crippen LogP contribution in [0.5, 0.6) is 17.2 Å². The molecule has 0 bridgehead atoms. The number of methoxy groups -OCH3 is 2. The number of benzene rings is 1. The Morgan fingerprint density at radius 3 is 2.52 bits per heavy atom. The fourth-order valence-electron chi connectivity index (χ4n) is 1.71. The summed E-state index contributed by atoms with van der Waals surface area (Å²) in [5.74, 6) is 1.09. The van der Waals surface area contributed by atoms with Gasteiger partial charge in [0.2, 0.25) is 5.75 Å². The van der Waals surface area contributed by atoms with Gasteiger partial charge in [-0.15, -0.1) is 0 Å². The maximum Gasteiger partial charge on any atom is 0.311 e. The molecule has 1 aromatic carbocycles. The Kier molecular flexibility index (Phi) is 4.68. The number of rotatable bonds is 6. The molecular formula is C14H14N2O5. The van der Waals surface area contributed by atoms with Crippen LogP contribution in [0.1, 0.15) is 5.69 Å². The number of aromatic nitrogens is 1. The molecule has 0 saturated heterocycles. The number of nitro groups is 1. The van der Waals surface area contributed by atoms with Gasteiger partial charge in [0.15, 0.2) is 0 Å². The molecule has 0 radical (unpaired) electrons. The molecule has 1 aromatic heterocycles. The second-order valence-electron chi connectivity index (χ2n) is 4.11. The van der Waals surface area contributed by atoms with Gasteiger partial charge in [0.1, 0.15) is 11.5 Å². The van der Waals surface area contributed by atoms with Crippen molar-refractivity contribution in [2.45, 2.75) is 6.61 Å². The second-order valence-corrected chi connectivity index (χ2v) is 4.11. The van der Waals surface area contributed by atoms with Crippen molar-refractivity contribution < 1.29 is 19.1 Å². The van der Waals surface area contributed by atoms with Gasteiger partial charge in [0.05, 0.1) is 30.5 Å². The van der Waals surface area contributed by atoms with Crippen molar-refractivity contribution in [2.75, 3.05) is 14.2 Å². The molecular weight excluding hydrogens is 276 g/mol. The standard InChI is InChI=1S/C14H14N2O5/c1-19-9-10-3-4-12(8-15-10)21-11-5-6-13(16(17)18)14(7-11)20-2/h3-8H,9H2,1-2H3. The van der Waals surface area contributed by atoms with Crippen molar-refractivity contribution in [2.24, 2.45) is 0 Å². The molecule has 0 aliphatic heterocycles. The molecule has 0 atom stereocenters. The number of pyridine rings is 1. The fraction of sp³-hybridized carbons (Fsp3) is 0.214. The van der Waals surface area contributed by atoms with Crippen LogP contribution in [0.15, 0.2) is 36.5 Å². The van der Waals surface area contributed by atoms with E-state index < -0.39 is 4.92 Å². The van der Waals surface area contributed by atoms with Crippen LogP contribution >= 0.6 is 0 Å². The van der Waals surface area contributed by atoms with E-state index in [1.165, 1.54) is 25.3 Å². The molecule has 0 N–H and O–H groups in total. The molecule has 7 heteroatoms. The fourth-order valence-corrected chi connectivity index (χ4v) is 1.71. The molecule has 21 heavy (non-hydrogen) atoms. The number of nitrogens with zero attached hydrogens (tertiary/aromatic N) is 2. The Hall–Kier alpha value is -2.67. The minimum atomic E-state index is -0.510. The molecule has 0 amide bonds. The van der Waals surface area contributed by atoms with E-state index >= 15 is 0 Å². The van der Waals surface area contributed by atoms with Crippen molar-refractivity contribution in [3.05, 3.63) is 52.3 Å². The second kappa shape index (κ2) is 6.67. The van der Waals surface area contributed by atoms with Crippen LogP contribution in [0.2, 0.25) is 0 Å². The number of hydrogen-bond acceptors (Lipinski definition) is 6. The first-order valence-corrected chi connectivity index (χ1v) is 6.08. The zero-order valence-corrected chi connectivity index (χ0v) is 11.6. The molecule has 1 heterocycles. The Bertz CT molecular complexity index is 628. The highest BCUT2D eigenvalue weighted by atomic mass is 16.6. The van der Waals surface area contributed by atoms with E-state index in [0.717, 1.165) is 5.69 Å². The summed E-state index contributed by atoms with van der Waals surface area (Å²) in [7, 11) is 2.96. The Morgan fingerprint density at radius 2 is 1.95 bits per heavy atom. The van der Waals surface area contributed by atoms with Gasteiger partial charge in [-0.1, -0.05) is 0 Å². The molecule has 0 fully saturated rings. The predicted molar refractivity (Wildman–Crippen MR) is 74.7 cm³/mol. The first-order chi connectivity index (χ1) is 10.1. The zero-order valence-electron chi connectivity index (χ0n) is 11.6. The quantitative estimate of drug-likeness (QED) is 0.600. The number of hydrogen-bond donors (Lipinski definition) is 0. The van der Waals surface area contributed by atoms with E-state index in [1.54, 1.807) is 25.4 Å². The van der Waals surface area contributed by atoms with Gasteiger partial charge in [-0.2, -0.15) is 0 Å². The normalized spacial score (nSPS) is 10.2. The average Bonchev–Trinajstić information content (AvgIpc) is 2.49. The highest BCUT2D eigenvalue weighted by molar-refractivity contribution is 5.51. The Labute approximate surface area is 121 Å². The van der Waals surface area contributed by atoms with Crippen molar-refractivity contribution in [1.29, 1.82) is 0 Å².